The maximum Gasteiger partial charge on any atom is 1.00 e. The third kappa shape index (κ3) is 2.41. The van der Waals surface area contributed by atoms with Crippen molar-refractivity contribution in [2.75, 3.05) is 0 Å². The monoisotopic (exact) mass is 195 g/mol. The average molecular weight is 196 g/mol. The topological polar surface area (TPSA) is 48.2 Å². The van der Waals surface area contributed by atoms with Crippen molar-refractivity contribution in [2.45, 2.75) is 6.92 Å². The van der Waals surface area contributed by atoms with Crippen molar-refractivity contribution in [3.63, 3.8) is 0 Å². The zero-order valence-electron chi connectivity index (χ0n) is 5.34. The third-order valence-corrected chi connectivity index (χ3v) is 0.889. The second kappa shape index (κ2) is 3.76. The van der Waals surface area contributed by atoms with Gasteiger partial charge in [-0.1, -0.05) is 0 Å². The Morgan fingerprint density at radius 3 is 2.11 bits per heavy atom. The molecular formula is C5H4NO2Rb. The number of hydrogen-bond acceptors (Lipinski definition) is 2. The van der Waals surface area contributed by atoms with Gasteiger partial charge in [-0.15, -0.1) is 0 Å². The van der Waals surface area contributed by atoms with E-state index >= 15 is 0 Å². The Bertz CT molecular complexity index is 185. The molecule has 1 aliphatic rings. The van der Waals surface area contributed by atoms with Crippen LogP contribution in [0, 0.1) is 0 Å². The summed E-state index contributed by atoms with van der Waals surface area (Å²) >= 11 is 0. The van der Waals surface area contributed by atoms with Gasteiger partial charge in [-0.05, 0) is 18.6 Å². The van der Waals surface area contributed by atoms with Crippen molar-refractivity contribution in [1.29, 1.82) is 0 Å². The largest absolute Gasteiger partial charge is 1.00 e. The molecule has 3 nitrogen and oxygen atoms in total. The molecule has 9 heavy (non-hydrogen) atoms. The number of hydrogen-bond donors (Lipinski definition) is 0. The molecule has 0 unspecified atom stereocenters. The molecule has 0 bridgehead atoms. The van der Waals surface area contributed by atoms with E-state index in [0.717, 1.165) is 0 Å². The maximum atomic E-state index is 10.3. The summed E-state index contributed by atoms with van der Waals surface area (Å²) in [6.45, 7) is 1.57. The van der Waals surface area contributed by atoms with Gasteiger partial charge in [0.1, 0.15) is 0 Å². The predicted molar refractivity (Wildman–Crippen MR) is 27.1 cm³/mol. The minimum absolute atomic E-state index is 0. The Labute approximate surface area is 102 Å². The van der Waals surface area contributed by atoms with Gasteiger partial charge >= 0.3 is 58.2 Å². The van der Waals surface area contributed by atoms with Crippen LogP contribution in [0.4, 0.5) is 0 Å². The zero-order chi connectivity index (χ0) is 6.15. The number of imide groups is 1. The Morgan fingerprint density at radius 2 is 2.00 bits per heavy atom. The van der Waals surface area contributed by atoms with Gasteiger partial charge in [0.05, 0.1) is 11.8 Å². The fraction of sp³-hybridized carbons (Fsp3) is 0.200. The molecule has 0 spiro atoms. The molecule has 0 saturated carbocycles. The predicted octanol–water partition coefficient (Wildman–Crippen LogP) is -2.62. The van der Waals surface area contributed by atoms with E-state index in [2.05, 4.69) is 5.32 Å². The number of carbonyl (C=O) groups excluding carboxylic acids is 2. The summed E-state index contributed by atoms with van der Waals surface area (Å²) in [7, 11) is 0. The molecule has 1 heterocycles. The second-order valence-corrected chi connectivity index (χ2v) is 1.58. The van der Waals surface area contributed by atoms with Gasteiger partial charge in [0.2, 0.25) is 0 Å². The van der Waals surface area contributed by atoms with Crippen molar-refractivity contribution in [3.8, 4) is 0 Å². The standard InChI is InChI=1S/C5H5NO2.Rb/c1-3-2-4(7)6-5(3)8;/h2H,1H3,(H,6,7,8);/q;+1/p-1. The Kier molecular flexibility index (Phi) is 4.04. The van der Waals surface area contributed by atoms with Crippen LogP contribution in [-0.2, 0) is 9.59 Å². The number of rotatable bonds is 0. The van der Waals surface area contributed by atoms with Crippen molar-refractivity contribution < 1.29 is 67.8 Å². The van der Waals surface area contributed by atoms with Crippen LogP contribution in [-0.4, -0.2) is 11.8 Å². The van der Waals surface area contributed by atoms with Crippen molar-refractivity contribution in [1.82, 2.24) is 0 Å². The minimum atomic E-state index is -0.437. The van der Waals surface area contributed by atoms with Gasteiger partial charge in [0, 0.05) is 0 Å². The van der Waals surface area contributed by atoms with E-state index in [4.69, 9.17) is 0 Å². The normalized spacial score (nSPS) is 16.3. The van der Waals surface area contributed by atoms with Gasteiger partial charge in [0.15, 0.2) is 0 Å². The van der Waals surface area contributed by atoms with Crippen LogP contribution in [0.1, 0.15) is 6.92 Å². The van der Waals surface area contributed by atoms with Crippen LogP contribution < -0.4 is 58.2 Å². The summed E-state index contributed by atoms with van der Waals surface area (Å²) in [5.41, 5.74) is 0.426. The van der Waals surface area contributed by atoms with Gasteiger partial charge in [0.25, 0.3) is 0 Å². The first-order valence-corrected chi connectivity index (χ1v) is 2.18. The average Bonchev–Trinajstić information content (AvgIpc) is 1.85. The second-order valence-electron chi connectivity index (χ2n) is 1.58. The molecule has 0 aromatic heterocycles. The van der Waals surface area contributed by atoms with Gasteiger partial charge in [-0.25, -0.2) is 0 Å². The smallest absolute Gasteiger partial charge is 0.588 e. The molecule has 1 aliphatic heterocycles. The molecule has 0 N–H and O–H groups in total. The first kappa shape index (κ1) is 9.69. The van der Waals surface area contributed by atoms with Crippen LogP contribution in [0.15, 0.2) is 11.6 Å². The molecule has 0 fully saturated rings. The van der Waals surface area contributed by atoms with Crippen LogP contribution in [0.25, 0.3) is 5.32 Å². The molecule has 1 rings (SSSR count). The van der Waals surface area contributed by atoms with Gasteiger partial charge < -0.3 is 14.9 Å². The van der Waals surface area contributed by atoms with Gasteiger partial charge in [-0.2, -0.15) is 0 Å². The van der Waals surface area contributed by atoms with Crippen molar-refractivity contribution in [2.24, 2.45) is 0 Å². The molecule has 0 radical (unpaired) electrons. The number of nitrogens with zero attached hydrogens (tertiary/aromatic N) is 1. The summed E-state index contributed by atoms with van der Waals surface area (Å²) in [4.78, 5) is 20.5. The van der Waals surface area contributed by atoms with Crippen molar-refractivity contribution >= 4 is 11.8 Å². The molecule has 0 atom stereocenters. The first-order valence-electron chi connectivity index (χ1n) is 2.18. The first-order chi connectivity index (χ1) is 3.70. The molecule has 2 amide bonds. The minimum Gasteiger partial charge on any atom is -0.588 e. The van der Waals surface area contributed by atoms with Crippen LogP contribution in [0.2, 0.25) is 0 Å². The fourth-order valence-corrected chi connectivity index (χ4v) is 0.467. The van der Waals surface area contributed by atoms with Crippen molar-refractivity contribution in [3.05, 3.63) is 17.0 Å². The molecule has 42 valence electrons. The molecule has 4 heteroatoms. The van der Waals surface area contributed by atoms with E-state index < -0.39 is 11.8 Å². The summed E-state index contributed by atoms with van der Waals surface area (Å²) in [5, 5.41) is 3.10. The van der Waals surface area contributed by atoms with Crippen LogP contribution in [0.5, 0.6) is 0 Å². The maximum absolute atomic E-state index is 10.3. The summed E-state index contributed by atoms with van der Waals surface area (Å²) < 4.78 is 0. The van der Waals surface area contributed by atoms with Crippen LogP contribution in [0.3, 0.4) is 0 Å². The number of amides is 2. The Morgan fingerprint density at radius 1 is 1.44 bits per heavy atom. The van der Waals surface area contributed by atoms with E-state index in [1.165, 1.54) is 6.08 Å². The van der Waals surface area contributed by atoms with Crippen LogP contribution >= 0.6 is 0 Å². The molecular weight excluding hydrogens is 192 g/mol. The SMILES string of the molecule is CC1=CC(=O)[N-]C1=O.[Rb+]. The van der Waals surface area contributed by atoms with E-state index in [1.54, 1.807) is 6.92 Å². The van der Waals surface area contributed by atoms with E-state index in [0.29, 0.717) is 5.57 Å². The molecule has 0 aromatic rings. The molecule has 0 saturated heterocycles. The Hall–Kier alpha value is 0.685. The summed E-state index contributed by atoms with van der Waals surface area (Å²) in [6.07, 6.45) is 1.22. The Balaban J connectivity index is 0.000000640. The van der Waals surface area contributed by atoms with E-state index in [-0.39, 0.29) is 58.2 Å². The number of carbonyl (C=O) groups is 2. The quantitative estimate of drug-likeness (QED) is 0.398. The third-order valence-electron chi connectivity index (χ3n) is 0.889. The van der Waals surface area contributed by atoms with Gasteiger partial charge in [-0.3, -0.25) is 0 Å². The summed E-state index contributed by atoms with van der Waals surface area (Å²) in [6, 6.07) is 0. The zero-order valence-corrected chi connectivity index (χ0v) is 10.3. The fourth-order valence-electron chi connectivity index (χ4n) is 0.467. The molecule has 0 aliphatic carbocycles. The molecule has 0 aromatic carbocycles. The summed E-state index contributed by atoms with van der Waals surface area (Å²) in [5.74, 6) is -0.845. The van der Waals surface area contributed by atoms with E-state index in [1.807, 2.05) is 0 Å². The van der Waals surface area contributed by atoms with E-state index in [9.17, 15) is 9.59 Å².